The second-order valence-electron chi connectivity index (χ2n) is 7.05. The van der Waals surface area contributed by atoms with Crippen LogP contribution in [0.4, 0.5) is 0 Å². The highest BCUT2D eigenvalue weighted by atomic mass is 32.2. The van der Waals surface area contributed by atoms with Gasteiger partial charge in [-0.2, -0.15) is 0 Å². The summed E-state index contributed by atoms with van der Waals surface area (Å²) in [5, 5.41) is 0. The lowest BCUT2D eigenvalue weighted by atomic mass is 9.96. The van der Waals surface area contributed by atoms with E-state index in [1.165, 1.54) is 9.87 Å². The van der Waals surface area contributed by atoms with E-state index >= 15 is 0 Å². The normalized spacial score (nSPS) is 16.9. The quantitative estimate of drug-likeness (QED) is 0.805. The van der Waals surface area contributed by atoms with E-state index < -0.39 is 10.0 Å². The zero-order valence-electron chi connectivity index (χ0n) is 15.8. The van der Waals surface area contributed by atoms with Crippen molar-refractivity contribution in [2.24, 2.45) is 0 Å². The Morgan fingerprint density at radius 2 is 1.88 bits per heavy atom. The van der Waals surface area contributed by atoms with Crippen molar-refractivity contribution >= 4 is 15.9 Å². The molecule has 0 aromatic heterocycles. The average Bonchev–Trinajstić information content (AvgIpc) is 2.83. The van der Waals surface area contributed by atoms with Crippen LogP contribution in [0.1, 0.15) is 49.8 Å². The Hall–Kier alpha value is -1.40. The Bertz CT molecular complexity index is 713. The monoisotopic (exact) mass is 366 g/mol. The van der Waals surface area contributed by atoms with Crippen LogP contribution in [0.3, 0.4) is 0 Å². The second-order valence-corrected chi connectivity index (χ2v) is 9.31. The van der Waals surface area contributed by atoms with Crippen molar-refractivity contribution < 1.29 is 13.2 Å². The molecule has 1 amide bonds. The van der Waals surface area contributed by atoms with Crippen LogP contribution < -0.4 is 0 Å². The van der Waals surface area contributed by atoms with Crippen LogP contribution in [0, 0.1) is 6.92 Å². The molecule has 1 aromatic rings. The fourth-order valence-corrected chi connectivity index (χ4v) is 4.25. The number of nitrogens with zero attached hydrogens (tertiary/aromatic N) is 2. The van der Waals surface area contributed by atoms with Gasteiger partial charge < -0.3 is 4.90 Å². The van der Waals surface area contributed by atoms with Crippen molar-refractivity contribution in [3.05, 3.63) is 34.9 Å². The number of hydrogen-bond donors (Lipinski definition) is 0. The van der Waals surface area contributed by atoms with Gasteiger partial charge in [0.15, 0.2) is 0 Å². The number of amides is 1. The summed E-state index contributed by atoms with van der Waals surface area (Å²) in [4.78, 5) is 14.5. The molecule has 0 saturated carbocycles. The van der Waals surface area contributed by atoms with Gasteiger partial charge in [0.2, 0.25) is 15.9 Å². The van der Waals surface area contributed by atoms with Crippen LogP contribution in [0.5, 0.6) is 0 Å². The number of aryl methyl sites for hydroxylation is 1. The maximum atomic E-state index is 12.7. The highest BCUT2D eigenvalue weighted by Crippen LogP contribution is 2.20. The zero-order chi connectivity index (χ0) is 18.6. The minimum Gasteiger partial charge on any atom is -0.341 e. The van der Waals surface area contributed by atoms with Crippen LogP contribution in [-0.4, -0.2) is 55.5 Å². The number of rotatable bonds is 5. The lowest BCUT2D eigenvalue weighted by Gasteiger charge is -2.22. The van der Waals surface area contributed by atoms with Crippen LogP contribution in [0.15, 0.2) is 18.2 Å². The van der Waals surface area contributed by atoms with Crippen molar-refractivity contribution in [2.45, 2.75) is 46.5 Å². The van der Waals surface area contributed by atoms with E-state index in [4.69, 9.17) is 0 Å². The van der Waals surface area contributed by atoms with E-state index in [1.807, 2.05) is 11.8 Å². The molecule has 0 atom stereocenters. The average molecular weight is 367 g/mol. The topological polar surface area (TPSA) is 57.7 Å². The summed E-state index contributed by atoms with van der Waals surface area (Å²) in [6, 6.07) is 6.33. The number of sulfonamides is 1. The lowest BCUT2D eigenvalue weighted by molar-refractivity contribution is -0.130. The third-order valence-corrected chi connectivity index (χ3v) is 6.83. The Morgan fingerprint density at radius 3 is 2.52 bits per heavy atom. The summed E-state index contributed by atoms with van der Waals surface area (Å²) < 4.78 is 25.6. The maximum Gasteiger partial charge on any atom is 0.227 e. The van der Waals surface area contributed by atoms with Crippen LogP contribution in [0.25, 0.3) is 0 Å². The number of hydrogen-bond acceptors (Lipinski definition) is 3. The molecule has 1 aromatic carbocycles. The van der Waals surface area contributed by atoms with E-state index in [0.29, 0.717) is 44.9 Å². The van der Waals surface area contributed by atoms with E-state index in [0.717, 1.165) is 11.1 Å². The number of carbonyl (C=O) groups excluding carboxylic acids is 1. The van der Waals surface area contributed by atoms with Crippen molar-refractivity contribution in [1.82, 2.24) is 9.21 Å². The summed E-state index contributed by atoms with van der Waals surface area (Å²) in [6.45, 7) is 9.98. The molecule has 0 unspecified atom stereocenters. The van der Waals surface area contributed by atoms with Crippen molar-refractivity contribution in [3.63, 3.8) is 0 Å². The molecule has 1 aliphatic heterocycles. The van der Waals surface area contributed by atoms with Gasteiger partial charge in [0.1, 0.15) is 0 Å². The first-order valence-corrected chi connectivity index (χ1v) is 10.7. The summed E-state index contributed by atoms with van der Waals surface area (Å²) in [7, 11) is -3.18. The standard InChI is InChI=1S/C19H30N2O3S/c1-5-25(23,24)21-10-6-9-20(11-12-21)19(22)14-18-13-17(15(2)3)8-7-16(18)4/h7-8,13,15H,5-6,9-12,14H2,1-4H3. The van der Waals surface area contributed by atoms with Crippen molar-refractivity contribution in [1.29, 1.82) is 0 Å². The molecular weight excluding hydrogens is 336 g/mol. The van der Waals surface area contributed by atoms with Crippen LogP contribution in [-0.2, 0) is 21.2 Å². The third kappa shape index (κ3) is 5.05. The first-order chi connectivity index (χ1) is 11.7. The second kappa shape index (κ2) is 8.32. The molecule has 6 heteroatoms. The predicted octanol–water partition coefficient (Wildman–Crippen LogP) is 2.54. The van der Waals surface area contributed by atoms with Gasteiger partial charge in [-0.1, -0.05) is 32.0 Å². The summed E-state index contributed by atoms with van der Waals surface area (Å²) in [5.74, 6) is 0.627. The van der Waals surface area contributed by atoms with E-state index in [-0.39, 0.29) is 11.7 Å². The summed E-state index contributed by atoms with van der Waals surface area (Å²) in [6.07, 6.45) is 1.07. The molecule has 25 heavy (non-hydrogen) atoms. The lowest BCUT2D eigenvalue weighted by Crippen LogP contribution is -2.38. The first-order valence-electron chi connectivity index (χ1n) is 9.09. The van der Waals surface area contributed by atoms with Gasteiger partial charge in [0, 0.05) is 26.2 Å². The van der Waals surface area contributed by atoms with Crippen LogP contribution >= 0.6 is 0 Å². The van der Waals surface area contributed by atoms with Gasteiger partial charge in [-0.15, -0.1) is 0 Å². The van der Waals surface area contributed by atoms with E-state index in [2.05, 4.69) is 32.0 Å². The number of benzene rings is 1. The van der Waals surface area contributed by atoms with Gasteiger partial charge in [0.25, 0.3) is 0 Å². The highest BCUT2D eigenvalue weighted by molar-refractivity contribution is 7.89. The predicted molar refractivity (Wildman–Crippen MR) is 101 cm³/mol. The molecular formula is C19H30N2O3S. The fourth-order valence-electron chi connectivity index (χ4n) is 3.12. The maximum absolute atomic E-state index is 12.7. The molecule has 0 aliphatic carbocycles. The van der Waals surface area contributed by atoms with Gasteiger partial charge in [0.05, 0.1) is 12.2 Å². The Balaban J connectivity index is 2.06. The van der Waals surface area contributed by atoms with E-state index in [1.54, 1.807) is 6.92 Å². The van der Waals surface area contributed by atoms with Gasteiger partial charge in [-0.25, -0.2) is 12.7 Å². The number of carbonyl (C=O) groups is 1. The van der Waals surface area contributed by atoms with Crippen LogP contribution in [0.2, 0.25) is 0 Å². The minimum atomic E-state index is -3.18. The molecule has 5 nitrogen and oxygen atoms in total. The highest BCUT2D eigenvalue weighted by Gasteiger charge is 2.25. The Kier molecular flexibility index (Phi) is 6.63. The molecule has 0 spiro atoms. The molecule has 0 bridgehead atoms. The molecule has 2 rings (SSSR count). The van der Waals surface area contributed by atoms with Gasteiger partial charge in [-0.3, -0.25) is 4.79 Å². The Morgan fingerprint density at radius 1 is 1.16 bits per heavy atom. The molecule has 1 fully saturated rings. The Labute approximate surface area is 152 Å². The van der Waals surface area contributed by atoms with Gasteiger partial charge >= 0.3 is 0 Å². The van der Waals surface area contributed by atoms with Gasteiger partial charge in [-0.05, 0) is 42.9 Å². The summed E-state index contributed by atoms with van der Waals surface area (Å²) in [5.41, 5.74) is 3.44. The smallest absolute Gasteiger partial charge is 0.227 e. The minimum absolute atomic E-state index is 0.0831. The van der Waals surface area contributed by atoms with E-state index in [9.17, 15) is 13.2 Å². The van der Waals surface area contributed by atoms with Crippen molar-refractivity contribution in [3.8, 4) is 0 Å². The molecule has 0 radical (unpaired) electrons. The fraction of sp³-hybridized carbons (Fsp3) is 0.632. The molecule has 1 heterocycles. The largest absolute Gasteiger partial charge is 0.341 e. The molecule has 1 saturated heterocycles. The summed E-state index contributed by atoms with van der Waals surface area (Å²) >= 11 is 0. The molecule has 1 aliphatic rings. The van der Waals surface area contributed by atoms with Crippen molar-refractivity contribution in [2.75, 3.05) is 31.9 Å². The SMILES string of the molecule is CCS(=O)(=O)N1CCCN(C(=O)Cc2cc(C(C)C)ccc2C)CC1. The molecule has 0 N–H and O–H groups in total. The first kappa shape index (κ1) is 19.9. The molecule has 140 valence electrons. The third-order valence-electron chi connectivity index (χ3n) is 4.95. The zero-order valence-corrected chi connectivity index (χ0v) is 16.6.